The minimum absolute atomic E-state index is 0.133. The Balaban J connectivity index is 1.69. The first-order valence-corrected chi connectivity index (χ1v) is 10.3. The molecule has 2 aromatic carbocycles. The molecule has 1 fully saturated rings. The molecule has 0 aliphatic carbocycles. The van der Waals surface area contributed by atoms with Gasteiger partial charge in [0, 0.05) is 39.3 Å². The summed E-state index contributed by atoms with van der Waals surface area (Å²) >= 11 is 6.91. The summed E-state index contributed by atoms with van der Waals surface area (Å²) < 4.78 is 16.2. The lowest BCUT2D eigenvalue weighted by Crippen LogP contribution is -2.28. The van der Waals surface area contributed by atoms with Gasteiger partial charge < -0.3 is 4.57 Å². The molecule has 2 heterocycles. The molecule has 4 nitrogen and oxygen atoms in total. The Morgan fingerprint density at radius 3 is 2.62 bits per heavy atom. The number of thioether (sulfide) groups is 1. The van der Waals surface area contributed by atoms with Crippen molar-refractivity contribution in [1.82, 2.24) is 9.47 Å². The Labute approximate surface area is 176 Å². The van der Waals surface area contributed by atoms with E-state index in [0.29, 0.717) is 4.91 Å². The van der Waals surface area contributed by atoms with Gasteiger partial charge in [0.1, 0.15) is 5.82 Å². The summed E-state index contributed by atoms with van der Waals surface area (Å²) in [5, 5.41) is 0.756. The topological polar surface area (TPSA) is 42.3 Å². The smallest absolute Gasteiger partial charge is 0.293 e. The van der Waals surface area contributed by atoms with Crippen molar-refractivity contribution in [3.63, 3.8) is 0 Å². The molecule has 2 amide bonds. The van der Waals surface area contributed by atoms with E-state index in [9.17, 15) is 14.0 Å². The molecule has 3 aromatic rings. The highest BCUT2D eigenvalue weighted by atomic mass is 35.5. The Hall–Kier alpha value is -2.57. The number of amides is 2. The van der Waals surface area contributed by atoms with Crippen LogP contribution in [0.25, 0.3) is 17.0 Å². The van der Waals surface area contributed by atoms with Gasteiger partial charge in [0.25, 0.3) is 11.1 Å². The second-order valence-corrected chi connectivity index (χ2v) is 8.47. The van der Waals surface area contributed by atoms with Gasteiger partial charge in [0.15, 0.2) is 0 Å². The number of benzene rings is 2. The summed E-state index contributed by atoms with van der Waals surface area (Å²) in [5.74, 6) is -0.985. The second kappa shape index (κ2) is 7.69. The monoisotopic (exact) mass is 428 g/mol. The SMILES string of the molecule is CC(C)n1cc(C=C2SC(=O)N(Cc3c(F)cccc3Cl)C2=O)c2ccccc21. The summed E-state index contributed by atoms with van der Waals surface area (Å²) in [6.45, 7) is 3.98. The minimum atomic E-state index is -0.541. The molecular formula is C22H18ClFN2O2S. The van der Waals surface area contributed by atoms with Crippen molar-refractivity contribution < 1.29 is 14.0 Å². The number of carbonyl (C=O) groups excluding carboxylic acids is 2. The van der Waals surface area contributed by atoms with Crippen LogP contribution in [0.2, 0.25) is 5.02 Å². The van der Waals surface area contributed by atoms with E-state index in [1.54, 1.807) is 6.08 Å². The molecule has 0 unspecified atom stereocenters. The zero-order valence-electron chi connectivity index (χ0n) is 15.9. The Morgan fingerprint density at radius 2 is 1.90 bits per heavy atom. The van der Waals surface area contributed by atoms with Crippen molar-refractivity contribution in [3.05, 3.63) is 75.5 Å². The maximum Gasteiger partial charge on any atom is 0.293 e. The standard InChI is InChI=1S/C22H18ClFN2O2S/c1-13(2)25-11-14(15-6-3-4-9-19(15)25)10-20-21(27)26(22(28)29-20)12-16-17(23)7-5-8-18(16)24/h3-11,13H,12H2,1-2H3. The van der Waals surface area contributed by atoms with Crippen molar-refractivity contribution in [1.29, 1.82) is 0 Å². The van der Waals surface area contributed by atoms with E-state index in [0.717, 1.165) is 33.1 Å². The van der Waals surface area contributed by atoms with Gasteiger partial charge in [-0.1, -0.05) is 35.9 Å². The predicted molar refractivity (Wildman–Crippen MR) is 115 cm³/mol. The van der Waals surface area contributed by atoms with Crippen molar-refractivity contribution in [2.24, 2.45) is 0 Å². The lowest BCUT2D eigenvalue weighted by molar-refractivity contribution is -0.123. The molecule has 7 heteroatoms. The summed E-state index contributed by atoms with van der Waals surface area (Å²) in [6, 6.07) is 12.5. The average Bonchev–Trinajstić information content (AvgIpc) is 3.17. The van der Waals surface area contributed by atoms with Gasteiger partial charge in [-0.3, -0.25) is 14.5 Å². The first-order chi connectivity index (χ1) is 13.9. The van der Waals surface area contributed by atoms with Crippen molar-refractivity contribution in [2.45, 2.75) is 26.4 Å². The molecule has 0 atom stereocenters. The van der Waals surface area contributed by atoms with Crippen LogP contribution >= 0.6 is 23.4 Å². The third-order valence-electron chi connectivity index (χ3n) is 4.87. The van der Waals surface area contributed by atoms with Gasteiger partial charge in [0.05, 0.1) is 11.4 Å². The average molecular weight is 429 g/mol. The van der Waals surface area contributed by atoms with Crippen molar-refractivity contribution in [2.75, 3.05) is 0 Å². The third-order valence-corrected chi connectivity index (χ3v) is 6.13. The fraction of sp³-hybridized carbons (Fsp3) is 0.182. The lowest BCUT2D eigenvalue weighted by Gasteiger charge is -2.14. The molecule has 29 heavy (non-hydrogen) atoms. The summed E-state index contributed by atoms with van der Waals surface area (Å²) in [7, 11) is 0. The number of fused-ring (bicyclic) bond motifs is 1. The van der Waals surface area contributed by atoms with Crippen LogP contribution in [0, 0.1) is 5.82 Å². The van der Waals surface area contributed by atoms with Gasteiger partial charge >= 0.3 is 0 Å². The highest BCUT2D eigenvalue weighted by Gasteiger charge is 2.36. The van der Waals surface area contributed by atoms with E-state index in [-0.39, 0.29) is 23.2 Å². The van der Waals surface area contributed by atoms with E-state index >= 15 is 0 Å². The zero-order valence-corrected chi connectivity index (χ0v) is 17.4. The van der Waals surface area contributed by atoms with Gasteiger partial charge in [-0.05, 0) is 49.9 Å². The molecule has 0 saturated carbocycles. The fourth-order valence-corrected chi connectivity index (χ4v) is 4.45. The molecule has 1 aromatic heterocycles. The third kappa shape index (κ3) is 3.58. The Kier molecular flexibility index (Phi) is 5.23. The van der Waals surface area contributed by atoms with Crippen LogP contribution in [-0.4, -0.2) is 20.6 Å². The molecule has 0 bridgehead atoms. The number of hydrogen-bond donors (Lipinski definition) is 0. The number of carbonyl (C=O) groups is 2. The van der Waals surface area contributed by atoms with Crippen molar-refractivity contribution in [3.8, 4) is 0 Å². The molecule has 0 N–H and O–H groups in total. The number of aromatic nitrogens is 1. The highest BCUT2D eigenvalue weighted by molar-refractivity contribution is 8.18. The number of para-hydroxylation sites is 1. The fourth-order valence-electron chi connectivity index (χ4n) is 3.39. The number of nitrogens with zero attached hydrogens (tertiary/aromatic N) is 2. The first-order valence-electron chi connectivity index (χ1n) is 9.14. The summed E-state index contributed by atoms with van der Waals surface area (Å²) in [6.07, 6.45) is 3.71. The molecule has 1 aliphatic heterocycles. The molecular weight excluding hydrogens is 411 g/mol. The zero-order chi connectivity index (χ0) is 20.7. The number of imide groups is 1. The van der Waals surface area contributed by atoms with Crippen LogP contribution in [0.5, 0.6) is 0 Å². The van der Waals surface area contributed by atoms with Crippen LogP contribution in [0.4, 0.5) is 9.18 Å². The molecule has 1 aliphatic rings. The van der Waals surface area contributed by atoms with Gasteiger partial charge in [0.2, 0.25) is 0 Å². The van der Waals surface area contributed by atoms with E-state index in [1.807, 2.05) is 30.5 Å². The van der Waals surface area contributed by atoms with Crippen LogP contribution < -0.4 is 0 Å². The van der Waals surface area contributed by atoms with E-state index in [4.69, 9.17) is 11.6 Å². The van der Waals surface area contributed by atoms with Gasteiger partial charge in [-0.25, -0.2) is 4.39 Å². The summed E-state index contributed by atoms with van der Waals surface area (Å²) in [4.78, 5) is 26.7. The predicted octanol–water partition coefficient (Wildman–Crippen LogP) is 6.25. The molecule has 0 radical (unpaired) electrons. The Bertz CT molecular complexity index is 1150. The normalized spacial score (nSPS) is 16.0. The van der Waals surface area contributed by atoms with Crippen LogP contribution in [0.3, 0.4) is 0 Å². The van der Waals surface area contributed by atoms with E-state index in [1.165, 1.54) is 18.2 Å². The molecule has 0 spiro atoms. The number of halogens is 2. The van der Waals surface area contributed by atoms with Gasteiger partial charge in [-0.2, -0.15) is 0 Å². The molecule has 4 rings (SSSR count). The van der Waals surface area contributed by atoms with Gasteiger partial charge in [-0.15, -0.1) is 0 Å². The van der Waals surface area contributed by atoms with Crippen LogP contribution in [0.15, 0.2) is 53.6 Å². The minimum Gasteiger partial charge on any atom is -0.344 e. The maximum atomic E-state index is 14.1. The molecule has 1 saturated heterocycles. The second-order valence-electron chi connectivity index (χ2n) is 7.07. The first kappa shape index (κ1) is 19.7. The number of hydrogen-bond acceptors (Lipinski definition) is 3. The maximum absolute atomic E-state index is 14.1. The number of rotatable bonds is 4. The molecule has 148 valence electrons. The Morgan fingerprint density at radius 1 is 1.14 bits per heavy atom. The quantitative estimate of drug-likeness (QED) is 0.461. The largest absolute Gasteiger partial charge is 0.344 e. The van der Waals surface area contributed by atoms with E-state index in [2.05, 4.69) is 18.4 Å². The lowest BCUT2D eigenvalue weighted by atomic mass is 10.1. The van der Waals surface area contributed by atoms with Crippen molar-refractivity contribution >= 4 is 51.5 Å². The highest BCUT2D eigenvalue weighted by Crippen LogP contribution is 2.36. The van der Waals surface area contributed by atoms with E-state index < -0.39 is 17.0 Å². The van der Waals surface area contributed by atoms with Crippen LogP contribution in [0.1, 0.15) is 31.0 Å². The summed E-state index contributed by atoms with van der Waals surface area (Å²) in [5.41, 5.74) is 2.06. The van der Waals surface area contributed by atoms with Crippen LogP contribution in [-0.2, 0) is 11.3 Å².